The van der Waals surface area contributed by atoms with Crippen LogP contribution < -0.4 is 5.32 Å². The molecule has 4 nitrogen and oxygen atoms in total. The van der Waals surface area contributed by atoms with Crippen LogP contribution in [0.4, 0.5) is 0 Å². The van der Waals surface area contributed by atoms with E-state index in [1.807, 2.05) is 39.5 Å². The fraction of sp³-hybridized carbons (Fsp3) is 0.857. The van der Waals surface area contributed by atoms with Crippen molar-refractivity contribution in [3.8, 4) is 0 Å². The van der Waals surface area contributed by atoms with E-state index < -0.39 is 0 Å². The third-order valence-electron chi connectivity index (χ3n) is 3.23. The molecule has 1 saturated heterocycles. The zero-order valence-electron chi connectivity index (χ0n) is 12.2. The molecule has 0 aromatic carbocycles. The number of hydrogen-bond donors (Lipinski definition) is 1. The highest BCUT2D eigenvalue weighted by Gasteiger charge is 2.32. The van der Waals surface area contributed by atoms with Gasteiger partial charge in [0.1, 0.15) is 0 Å². The van der Waals surface area contributed by atoms with Crippen LogP contribution in [0.5, 0.6) is 0 Å². The lowest BCUT2D eigenvalue weighted by molar-refractivity contribution is -0.142. The molecule has 0 aromatic rings. The molecule has 1 aliphatic rings. The number of nitrogens with one attached hydrogen (secondary N) is 1. The summed E-state index contributed by atoms with van der Waals surface area (Å²) < 4.78 is 0. The van der Waals surface area contributed by atoms with Gasteiger partial charge in [-0.25, -0.2) is 0 Å². The molecule has 0 spiro atoms. The minimum Gasteiger partial charge on any atom is -0.354 e. The average Bonchev–Trinajstić information content (AvgIpc) is 2.26. The van der Waals surface area contributed by atoms with Crippen molar-refractivity contribution in [2.45, 2.75) is 53.5 Å². The Hall–Kier alpha value is -1.06. The van der Waals surface area contributed by atoms with Crippen molar-refractivity contribution >= 4 is 11.8 Å². The highest BCUT2D eigenvalue weighted by Crippen LogP contribution is 2.23. The van der Waals surface area contributed by atoms with E-state index in [4.69, 9.17) is 0 Å². The highest BCUT2D eigenvalue weighted by molar-refractivity contribution is 5.82. The molecule has 1 heterocycles. The summed E-state index contributed by atoms with van der Waals surface area (Å²) in [5.74, 6) is 0.384. The first-order valence-corrected chi connectivity index (χ1v) is 6.81. The fourth-order valence-electron chi connectivity index (χ4n) is 2.22. The maximum Gasteiger partial charge on any atom is 0.227 e. The van der Waals surface area contributed by atoms with E-state index in [1.54, 1.807) is 0 Å². The van der Waals surface area contributed by atoms with E-state index in [-0.39, 0.29) is 29.2 Å². The lowest BCUT2D eigenvalue weighted by atomic mass is 9.90. The van der Waals surface area contributed by atoms with Gasteiger partial charge in [-0.05, 0) is 26.7 Å². The quantitative estimate of drug-likeness (QED) is 0.817. The van der Waals surface area contributed by atoms with E-state index in [0.29, 0.717) is 13.1 Å². The monoisotopic (exact) mass is 254 g/mol. The van der Waals surface area contributed by atoms with Crippen molar-refractivity contribution in [3.05, 3.63) is 0 Å². The predicted molar refractivity (Wildman–Crippen MR) is 72.0 cm³/mol. The number of hydrogen-bond acceptors (Lipinski definition) is 2. The molecule has 1 fully saturated rings. The Morgan fingerprint density at radius 3 is 2.06 bits per heavy atom. The van der Waals surface area contributed by atoms with Crippen LogP contribution in [0, 0.1) is 11.3 Å². The first-order chi connectivity index (χ1) is 8.21. The van der Waals surface area contributed by atoms with Crippen molar-refractivity contribution in [1.29, 1.82) is 0 Å². The Kier molecular flexibility index (Phi) is 4.77. The van der Waals surface area contributed by atoms with Gasteiger partial charge in [0.05, 0.1) is 0 Å². The molecule has 0 bridgehead atoms. The standard InChI is InChI=1S/C14H26N2O2/c1-10(2)15-12(17)11-6-8-16(9-7-11)13(18)14(3,4)5/h10-11H,6-9H2,1-5H3,(H,15,17). The molecule has 0 aromatic heterocycles. The van der Waals surface area contributed by atoms with Crippen LogP contribution in [0.3, 0.4) is 0 Å². The first-order valence-electron chi connectivity index (χ1n) is 6.81. The van der Waals surface area contributed by atoms with Gasteiger partial charge in [0.2, 0.25) is 11.8 Å². The summed E-state index contributed by atoms with van der Waals surface area (Å²) in [4.78, 5) is 25.9. The van der Waals surface area contributed by atoms with Crippen LogP contribution in [-0.2, 0) is 9.59 Å². The summed E-state index contributed by atoms with van der Waals surface area (Å²) in [5, 5.41) is 2.94. The van der Waals surface area contributed by atoms with Gasteiger partial charge in [-0.2, -0.15) is 0 Å². The third kappa shape index (κ3) is 4.00. The minimum atomic E-state index is -0.326. The zero-order valence-corrected chi connectivity index (χ0v) is 12.2. The van der Waals surface area contributed by atoms with Crippen LogP contribution in [0.1, 0.15) is 47.5 Å². The number of amides is 2. The lowest BCUT2D eigenvalue weighted by Gasteiger charge is -2.35. The van der Waals surface area contributed by atoms with Crippen LogP contribution in [-0.4, -0.2) is 35.8 Å². The smallest absolute Gasteiger partial charge is 0.227 e. The topological polar surface area (TPSA) is 49.4 Å². The molecule has 18 heavy (non-hydrogen) atoms. The van der Waals surface area contributed by atoms with Gasteiger partial charge in [-0.3, -0.25) is 9.59 Å². The van der Waals surface area contributed by atoms with Crippen molar-refractivity contribution in [2.24, 2.45) is 11.3 Å². The molecule has 0 aliphatic carbocycles. The molecule has 0 saturated carbocycles. The molecule has 104 valence electrons. The molecule has 0 unspecified atom stereocenters. The Morgan fingerprint density at radius 1 is 1.17 bits per heavy atom. The molecule has 4 heteroatoms. The van der Waals surface area contributed by atoms with Gasteiger partial charge in [-0.1, -0.05) is 20.8 Å². The Bertz CT molecular complexity index is 310. The predicted octanol–water partition coefficient (Wildman–Crippen LogP) is 1.80. The second-order valence-corrected chi connectivity index (χ2v) is 6.48. The summed E-state index contributed by atoms with van der Waals surface area (Å²) >= 11 is 0. The second kappa shape index (κ2) is 5.72. The largest absolute Gasteiger partial charge is 0.354 e. The number of rotatable bonds is 2. The minimum absolute atomic E-state index is 0.0661. The number of nitrogens with zero attached hydrogens (tertiary/aromatic N) is 1. The summed E-state index contributed by atoms with van der Waals surface area (Å²) in [5.41, 5.74) is -0.326. The van der Waals surface area contributed by atoms with Gasteiger partial charge in [-0.15, -0.1) is 0 Å². The van der Waals surface area contributed by atoms with Crippen molar-refractivity contribution < 1.29 is 9.59 Å². The number of carbonyl (C=O) groups excluding carboxylic acids is 2. The normalized spacial score (nSPS) is 18.0. The number of piperidine rings is 1. The van der Waals surface area contributed by atoms with Gasteiger partial charge >= 0.3 is 0 Å². The maximum absolute atomic E-state index is 12.1. The molecule has 0 radical (unpaired) electrons. The Morgan fingerprint density at radius 2 is 1.67 bits per heavy atom. The van der Waals surface area contributed by atoms with Gasteiger partial charge in [0.15, 0.2) is 0 Å². The van der Waals surface area contributed by atoms with Crippen molar-refractivity contribution in [3.63, 3.8) is 0 Å². The van der Waals surface area contributed by atoms with Crippen LogP contribution in [0.15, 0.2) is 0 Å². The maximum atomic E-state index is 12.1. The summed E-state index contributed by atoms with van der Waals surface area (Å²) in [7, 11) is 0. The van der Waals surface area contributed by atoms with E-state index in [0.717, 1.165) is 12.8 Å². The number of carbonyl (C=O) groups is 2. The molecule has 1 aliphatic heterocycles. The summed E-state index contributed by atoms with van der Waals surface area (Å²) in [6.07, 6.45) is 1.56. The molecule has 1 rings (SSSR count). The van der Waals surface area contributed by atoms with Crippen molar-refractivity contribution in [1.82, 2.24) is 10.2 Å². The fourth-order valence-corrected chi connectivity index (χ4v) is 2.22. The van der Waals surface area contributed by atoms with Gasteiger partial charge in [0.25, 0.3) is 0 Å². The molecule has 1 N–H and O–H groups in total. The van der Waals surface area contributed by atoms with E-state index in [9.17, 15) is 9.59 Å². The number of likely N-dealkylation sites (tertiary alicyclic amines) is 1. The zero-order chi connectivity index (χ0) is 13.9. The van der Waals surface area contributed by atoms with E-state index in [1.165, 1.54) is 0 Å². The molecular formula is C14H26N2O2. The second-order valence-electron chi connectivity index (χ2n) is 6.48. The first kappa shape index (κ1) is 15.0. The molecule has 2 amide bonds. The Labute approximate surface area is 110 Å². The van der Waals surface area contributed by atoms with Crippen LogP contribution in [0.25, 0.3) is 0 Å². The molecular weight excluding hydrogens is 228 g/mol. The van der Waals surface area contributed by atoms with Crippen LogP contribution in [0.2, 0.25) is 0 Å². The SMILES string of the molecule is CC(C)NC(=O)C1CCN(C(=O)C(C)(C)C)CC1. The van der Waals surface area contributed by atoms with E-state index >= 15 is 0 Å². The van der Waals surface area contributed by atoms with E-state index in [2.05, 4.69) is 5.32 Å². The van der Waals surface area contributed by atoms with Crippen molar-refractivity contribution in [2.75, 3.05) is 13.1 Å². The summed E-state index contributed by atoms with van der Waals surface area (Å²) in [6, 6.07) is 0.187. The Balaban J connectivity index is 2.46. The third-order valence-corrected chi connectivity index (χ3v) is 3.23. The highest BCUT2D eigenvalue weighted by atomic mass is 16.2. The van der Waals surface area contributed by atoms with Gasteiger partial charge < -0.3 is 10.2 Å². The van der Waals surface area contributed by atoms with Crippen LogP contribution >= 0.6 is 0 Å². The average molecular weight is 254 g/mol. The summed E-state index contributed by atoms with van der Waals surface area (Å²) in [6.45, 7) is 11.2. The molecule has 0 atom stereocenters. The lowest BCUT2D eigenvalue weighted by Crippen LogP contribution is -2.47. The van der Waals surface area contributed by atoms with Gasteiger partial charge in [0, 0.05) is 30.5 Å².